The summed E-state index contributed by atoms with van der Waals surface area (Å²) in [6.45, 7) is 0. The number of hydrogen-bond acceptors (Lipinski definition) is 4. The number of nitrogen functional groups attached to an aromatic ring is 1. The molecule has 5 rings (SSSR count). The van der Waals surface area contributed by atoms with Crippen LogP contribution in [0.4, 0.5) is 5.69 Å². The zero-order chi connectivity index (χ0) is 21.7. The number of fused-ring (bicyclic) bond motifs is 2. The topological polar surface area (TPSA) is 89.1 Å². The van der Waals surface area contributed by atoms with Crippen molar-refractivity contribution in [2.24, 2.45) is 7.05 Å². The Balaban J connectivity index is 1.66. The Morgan fingerprint density at radius 2 is 1.97 bits per heavy atom. The van der Waals surface area contributed by atoms with Gasteiger partial charge in [-0.15, -0.1) is 0 Å². The Morgan fingerprint density at radius 3 is 2.77 bits per heavy atom. The van der Waals surface area contributed by atoms with Gasteiger partial charge in [0.15, 0.2) is 0 Å². The summed E-state index contributed by atoms with van der Waals surface area (Å²) in [5.41, 5.74) is 10.8. The van der Waals surface area contributed by atoms with E-state index in [1.807, 2.05) is 60.2 Å². The minimum absolute atomic E-state index is 0.192. The minimum atomic E-state index is -0.192. The molecule has 2 N–H and O–H groups in total. The molecule has 0 spiro atoms. The van der Waals surface area contributed by atoms with Gasteiger partial charge in [0.2, 0.25) is 5.78 Å². The van der Waals surface area contributed by atoms with Gasteiger partial charge >= 0.3 is 0 Å². The normalized spacial score (nSPS) is 11.1. The van der Waals surface area contributed by atoms with Crippen molar-refractivity contribution < 1.29 is 4.79 Å². The number of ketones is 1. The Hall–Kier alpha value is -4.08. The lowest BCUT2D eigenvalue weighted by Gasteiger charge is -2.10. The van der Waals surface area contributed by atoms with Crippen molar-refractivity contribution >= 4 is 39.5 Å². The maximum absolute atomic E-state index is 13.2. The molecular formula is C24H16ClN5O. The standard InChI is InChI=1S/C24H16ClN5O/c1-29-13-18-20(28-29)7-5-17(23(18)25)16-3-2-10-30-21(16)8-9-22(30)24(31)14-4-6-19(27)15(11-14)12-26/h2-11,13H,27H2,1H3. The molecule has 0 aliphatic carbocycles. The average Bonchev–Trinajstić information content (AvgIpc) is 3.37. The highest BCUT2D eigenvalue weighted by atomic mass is 35.5. The smallest absolute Gasteiger partial charge is 0.209 e. The molecule has 0 atom stereocenters. The molecule has 6 nitrogen and oxygen atoms in total. The van der Waals surface area contributed by atoms with E-state index in [0.717, 1.165) is 27.5 Å². The molecule has 0 saturated carbocycles. The number of aryl methyl sites for hydroxylation is 1. The zero-order valence-electron chi connectivity index (χ0n) is 16.5. The van der Waals surface area contributed by atoms with Crippen molar-refractivity contribution in [1.82, 2.24) is 14.2 Å². The minimum Gasteiger partial charge on any atom is -0.398 e. The summed E-state index contributed by atoms with van der Waals surface area (Å²) in [6.07, 6.45) is 3.73. The summed E-state index contributed by atoms with van der Waals surface area (Å²) >= 11 is 6.73. The van der Waals surface area contributed by atoms with E-state index in [2.05, 4.69) is 5.10 Å². The average molecular weight is 426 g/mol. The molecule has 31 heavy (non-hydrogen) atoms. The molecule has 3 aromatic heterocycles. The molecule has 0 fully saturated rings. The number of nitrogens with two attached hydrogens (primary N) is 1. The lowest BCUT2D eigenvalue weighted by Crippen LogP contribution is -2.06. The first-order chi connectivity index (χ1) is 15.0. The van der Waals surface area contributed by atoms with Gasteiger partial charge < -0.3 is 10.1 Å². The largest absolute Gasteiger partial charge is 0.398 e. The van der Waals surface area contributed by atoms with Crippen molar-refractivity contribution in [3.8, 4) is 17.2 Å². The van der Waals surface area contributed by atoms with Crippen LogP contribution in [-0.4, -0.2) is 20.0 Å². The van der Waals surface area contributed by atoms with Gasteiger partial charge in [-0.05, 0) is 42.5 Å². The number of pyridine rings is 1. The van der Waals surface area contributed by atoms with Crippen LogP contribution in [0.2, 0.25) is 5.02 Å². The van der Waals surface area contributed by atoms with Crippen LogP contribution < -0.4 is 5.73 Å². The third-order valence-corrected chi connectivity index (χ3v) is 5.80. The van der Waals surface area contributed by atoms with Crippen molar-refractivity contribution in [3.63, 3.8) is 0 Å². The van der Waals surface area contributed by atoms with Crippen LogP contribution in [0.25, 0.3) is 27.5 Å². The first-order valence-electron chi connectivity index (χ1n) is 9.54. The fraction of sp³-hybridized carbons (Fsp3) is 0.0417. The van der Waals surface area contributed by atoms with E-state index in [9.17, 15) is 10.1 Å². The Kier molecular flexibility index (Phi) is 4.28. The second kappa shape index (κ2) is 7.01. The van der Waals surface area contributed by atoms with E-state index in [0.29, 0.717) is 22.0 Å². The van der Waals surface area contributed by atoms with Gasteiger partial charge in [-0.25, -0.2) is 0 Å². The fourth-order valence-corrected chi connectivity index (χ4v) is 4.19. The number of rotatable bonds is 3. The van der Waals surface area contributed by atoms with Crippen molar-refractivity contribution in [2.75, 3.05) is 5.73 Å². The van der Waals surface area contributed by atoms with Gasteiger partial charge in [-0.2, -0.15) is 10.4 Å². The van der Waals surface area contributed by atoms with E-state index in [-0.39, 0.29) is 11.3 Å². The highest BCUT2D eigenvalue weighted by molar-refractivity contribution is 6.38. The van der Waals surface area contributed by atoms with E-state index in [4.69, 9.17) is 17.3 Å². The SMILES string of the molecule is Cn1cc2c(Cl)c(-c3cccn4c(C(=O)c5ccc(N)c(C#N)c5)ccc34)ccc2n1. The number of benzene rings is 2. The number of halogens is 1. The zero-order valence-corrected chi connectivity index (χ0v) is 17.3. The molecule has 0 amide bonds. The molecule has 3 heterocycles. The van der Waals surface area contributed by atoms with Gasteiger partial charge in [-0.3, -0.25) is 9.48 Å². The molecular weight excluding hydrogens is 410 g/mol. The molecule has 0 unspecified atom stereocenters. The van der Waals surface area contributed by atoms with E-state index >= 15 is 0 Å². The van der Waals surface area contributed by atoms with Crippen molar-refractivity contribution in [3.05, 3.63) is 88.8 Å². The maximum atomic E-state index is 13.2. The van der Waals surface area contributed by atoms with Gasteiger partial charge in [0.05, 0.1) is 27.3 Å². The van der Waals surface area contributed by atoms with E-state index in [1.165, 1.54) is 6.07 Å². The van der Waals surface area contributed by atoms with Crippen LogP contribution in [0.15, 0.2) is 67.0 Å². The first kappa shape index (κ1) is 18.9. The predicted molar refractivity (Wildman–Crippen MR) is 121 cm³/mol. The quantitative estimate of drug-likeness (QED) is 0.331. The van der Waals surface area contributed by atoms with Gasteiger partial charge in [0, 0.05) is 47.2 Å². The molecule has 150 valence electrons. The highest BCUT2D eigenvalue weighted by Crippen LogP contribution is 2.36. The van der Waals surface area contributed by atoms with Crippen molar-refractivity contribution in [1.29, 1.82) is 5.26 Å². The second-order valence-corrected chi connectivity index (χ2v) is 7.68. The summed E-state index contributed by atoms with van der Waals surface area (Å²) in [4.78, 5) is 13.2. The monoisotopic (exact) mass is 425 g/mol. The molecule has 0 aliphatic heterocycles. The van der Waals surface area contributed by atoms with Crippen LogP contribution in [-0.2, 0) is 7.05 Å². The number of nitrogens with zero attached hydrogens (tertiary/aromatic N) is 4. The maximum Gasteiger partial charge on any atom is 0.209 e. The second-order valence-electron chi connectivity index (χ2n) is 7.30. The number of carbonyl (C=O) groups is 1. The molecule has 7 heteroatoms. The summed E-state index contributed by atoms with van der Waals surface area (Å²) in [5.74, 6) is -0.192. The predicted octanol–water partition coefficient (Wildman–Crippen LogP) is 4.83. The molecule has 0 bridgehead atoms. The lowest BCUT2D eigenvalue weighted by molar-refractivity contribution is 0.103. The summed E-state index contributed by atoms with van der Waals surface area (Å²) < 4.78 is 3.57. The van der Waals surface area contributed by atoms with Gasteiger partial charge in [0.1, 0.15) is 6.07 Å². The summed E-state index contributed by atoms with van der Waals surface area (Å²) in [5, 5.41) is 15.1. The van der Waals surface area contributed by atoms with E-state index < -0.39 is 0 Å². The number of nitriles is 1. The first-order valence-corrected chi connectivity index (χ1v) is 9.92. The van der Waals surface area contributed by atoms with Crippen LogP contribution in [0.5, 0.6) is 0 Å². The number of anilines is 1. The number of carbonyl (C=O) groups excluding carboxylic acids is 1. The van der Waals surface area contributed by atoms with Crippen LogP contribution in [0.3, 0.4) is 0 Å². The summed E-state index contributed by atoms with van der Waals surface area (Å²) in [7, 11) is 1.86. The molecule has 0 aliphatic rings. The van der Waals surface area contributed by atoms with Crippen LogP contribution in [0, 0.1) is 11.3 Å². The lowest BCUT2D eigenvalue weighted by atomic mass is 10.0. The van der Waals surface area contributed by atoms with Crippen LogP contribution >= 0.6 is 11.6 Å². The van der Waals surface area contributed by atoms with Crippen LogP contribution in [0.1, 0.15) is 21.6 Å². The third kappa shape index (κ3) is 2.95. The molecule has 0 saturated heterocycles. The van der Waals surface area contributed by atoms with Crippen molar-refractivity contribution in [2.45, 2.75) is 0 Å². The third-order valence-electron chi connectivity index (χ3n) is 5.39. The Morgan fingerprint density at radius 1 is 1.13 bits per heavy atom. The molecule has 5 aromatic rings. The van der Waals surface area contributed by atoms with Gasteiger partial charge in [-0.1, -0.05) is 23.7 Å². The summed E-state index contributed by atoms with van der Waals surface area (Å²) in [6, 6.07) is 18.2. The molecule has 0 radical (unpaired) electrons. The number of hydrogen-bond donors (Lipinski definition) is 1. The molecule has 2 aromatic carbocycles. The van der Waals surface area contributed by atoms with Gasteiger partial charge in [0.25, 0.3) is 0 Å². The Labute approximate surface area is 182 Å². The number of aromatic nitrogens is 3. The fourth-order valence-electron chi connectivity index (χ4n) is 3.88. The van der Waals surface area contributed by atoms with E-state index in [1.54, 1.807) is 22.9 Å². The Bertz CT molecular complexity index is 1550. The highest BCUT2D eigenvalue weighted by Gasteiger charge is 2.18.